The third-order valence-electron chi connectivity index (χ3n) is 6.08. The maximum atomic E-state index is 14.6. The van der Waals surface area contributed by atoms with Gasteiger partial charge in [0.15, 0.2) is 0 Å². The largest absolute Gasteiger partial charge is 0.497 e. The number of ether oxygens (including phenoxy) is 2. The SMILES string of the molecule is CCNC(=O)C(C)N(Cc1ccccc1F)C(=O)CN(c1cc(OC)ccc1OC)S(=O)(=O)c1ccccc1. The molecular weight excluding hydrogens is 525 g/mol. The van der Waals surface area contributed by atoms with Gasteiger partial charge in [0.05, 0.1) is 24.8 Å². The van der Waals surface area contributed by atoms with E-state index in [1.807, 2.05) is 0 Å². The smallest absolute Gasteiger partial charge is 0.264 e. The number of nitrogens with zero attached hydrogens (tertiary/aromatic N) is 2. The highest BCUT2D eigenvalue weighted by Crippen LogP contribution is 2.36. The molecule has 0 bridgehead atoms. The van der Waals surface area contributed by atoms with Crippen LogP contribution in [0.1, 0.15) is 19.4 Å². The molecule has 1 atom stereocenters. The molecule has 0 aliphatic carbocycles. The van der Waals surface area contributed by atoms with Gasteiger partial charge in [-0.3, -0.25) is 13.9 Å². The van der Waals surface area contributed by atoms with E-state index >= 15 is 0 Å². The lowest BCUT2D eigenvalue weighted by molar-refractivity contribution is -0.139. The average molecular weight is 558 g/mol. The van der Waals surface area contributed by atoms with Gasteiger partial charge in [-0.05, 0) is 44.2 Å². The molecule has 3 rings (SSSR count). The van der Waals surface area contributed by atoms with E-state index in [0.29, 0.717) is 12.3 Å². The van der Waals surface area contributed by atoms with Gasteiger partial charge in [-0.25, -0.2) is 12.8 Å². The number of amides is 2. The van der Waals surface area contributed by atoms with Crippen LogP contribution in [0.15, 0.2) is 77.7 Å². The van der Waals surface area contributed by atoms with Crippen LogP contribution in [-0.2, 0) is 26.2 Å². The zero-order valence-corrected chi connectivity index (χ0v) is 23.1. The number of rotatable bonds is 12. The molecule has 0 saturated heterocycles. The molecule has 0 saturated carbocycles. The first kappa shape index (κ1) is 29.4. The molecule has 0 aromatic heterocycles. The van der Waals surface area contributed by atoms with Crippen molar-refractivity contribution in [2.24, 2.45) is 0 Å². The summed E-state index contributed by atoms with van der Waals surface area (Å²) in [5, 5.41) is 2.66. The Hall–Kier alpha value is -4.12. The van der Waals surface area contributed by atoms with Crippen molar-refractivity contribution in [3.63, 3.8) is 0 Å². The molecule has 0 radical (unpaired) electrons. The summed E-state index contributed by atoms with van der Waals surface area (Å²) in [6.07, 6.45) is 0. The summed E-state index contributed by atoms with van der Waals surface area (Å²) >= 11 is 0. The Bertz CT molecular complexity index is 1400. The summed E-state index contributed by atoms with van der Waals surface area (Å²) in [4.78, 5) is 27.7. The van der Waals surface area contributed by atoms with Crippen molar-refractivity contribution in [3.8, 4) is 11.5 Å². The highest BCUT2D eigenvalue weighted by atomic mass is 32.2. The third kappa shape index (κ3) is 6.85. The van der Waals surface area contributed by atoms with Gasteiger partial charge in [0.25, 0.3) is 10.0 Å². The fourth-order valence-electron chi connectivity index (χ4n) is 3.94. The summed E-state index contributed by atoms with van der Waals surface area (Å²) in [7, 11) is -1.50. The first-order valence-corrected chi connectivity index (χ1v) is 13.7. The van der Waals surface area contributed by atoms with Crippen LogP contribution in [0.5, 0.6) is 11.5 Å². The fraction of sp³-hybridized carbons (Fsp3) is 0.286. The van der Waals surface area contributed by atoms with Gasteiger partial charge < -0.3 is 19.7 Å². The van der Waals surface area contributed by atoms with Crippen molar-refractivity contribution in [1.29, 1.82) is 0 Å². The molecule has 11 heteroatoms. The molecule has 0 aliphatic heterocycles. The number of methoxy groups -OCH3 is 2. The second-order valence-corrected chi connectivity index (χ2v) is 10.4. The Morgan fingerprint density at radius 1 is 0.974 bits per heavy atom. The lowest BCUT2D eigenvalue weighted by Crippen LogP contribution is -2.51. The average Bonchev–Trinajstić information content (AvgIpc) is 2.95. The Kier molecular flexibility index (Phi) is 9.89. The topological polar surface area (TPSA) is 105 Å². The van der Waals surface area contributed by atoms with E-state index in [1.165, 1.54) is 63.6 Å². The first-order valence-electron chi connectivity index (χ1n) is 12.2. The van der Waals surface area contributed by atoms with E-state index in [4.69, 9.17) is 9.47 Å². The molecular formula is C28H32FN3O6S. The second kappa shape index (κ2) is 13.1. The molecule has 3 aromatic rings. The van der Waals surface area contributed by atoms with Crippen molar-refractivity contribution < 1.29 is 31.9 Å². The van der Waals surface area contributed by atoms with E-state index in [2.05, 4.69) is 5.32 Å². The van der Waals surface area contributed by atoms with Gasteiger partial charge in [0.1, 0.15) is 29.9 Å². The van der Waals surface area contributed by atoms with Crippen LogP contribution in [0.4, 0.5) is 10.1 Å². The van der Waals surface area contributed by atoms with Crippen LogP contribution >= 0.6 is 0 Å². The summed E-state index contributed by atoms with van der Waals surface area (Å²) in [5.74, 6) is -1.22. The number of hydrogen-bond acceptors (Lipinski definition) is 6. The second-order valence-electron chi connectivity index (χ2n) is 8.55. The van der Waals surface area contributed by atoms with E-state index in [-0.39, 0.29) is 28.4 Å². The summed E-state index contributed by atoms with van der Waals surface area (Å²) in [6.45, 7) is 2.61. The predicted octanol–water partition coefficient (Wildman–Crippen LogP) is 3.59. The van der Waals surface area contributed by atoms with Crippen molar-refractivity contribution in [3.05, 3.63) is 84.2 Å². The normalized spacial score (nSPS) is 11.8. The number of benzene rings is 3. The van der Waals surface area contributed by atoms with Crippen LogP contribution in [0, 0.1) is 5.82 Å². The lowest BCUT2D eigenvalue weighted by atomic mass is 10.1. The summed E-state index contributed by atoms with van der Waals surface area (Å²) in [5.41, 5.74) is 0.240. The monoisotopic (exact) mass is 557 g/mol. The minimum atomic E-state index is -4.30. The summed E-state index contributed by atoms with van der Waals surface area (Å²) < 4.78 is 54.0. The minimum absolute atomic E-state index is 0.0555. The fourth-order valence-corrected chi connectivity index (χ4v) is 5.38. The number of carbonyl (C=O) groups is 2. The maximum absolute atomic E-state index is 14.6. The Balaban J connectivity index is 2.12. The first-order chi connectivity index (χ1) is 18.6. The number of hydrogen-bond donors (Lipinski definition) is 1. The third-order valence-corrected chi connectivity index (χ3v) is 7.86. The molecule has 0 fully saturated rings. The van der Waals surface area contributed by atoms with E-state index in [9.17, 15) is 22.4 Å². The van der Waals surface area contributed by atoms with Gasteiger partial charge >= 0.3 is 0 Å². The predicted molar refractivity (Wildman–Crippen MR) is 146 cm³/mol. The number of nitrogens with one attached hydrogen (secondary N) is 1. The Labute approximate surface area is 228 Å². The Morgan fingerprint density at radius 2 is 1.64 bits per heavy atom. The highest BCUT2D eigenvalue weighted by Gasteiger charge is 2.34. The van der Waals surface area contributed by atoms with Crippen molar-refractivity contribution in [2.75, 3.05) is 31.6 Å². The quantitative estimate of drug-likeness (QED) is 0.365. The molecule has 1 N–H and O–H groups in total. The van der Waals surface area contributed by atoms with Crippen molar-refractivity contribution >= 4 is 27.5 Å². The zero-order chi connectivity index (χ0) is 28.6. The van der Waals surface area contributed by atoms with Gasteiger partial charge in [0.2, 0.25) is 11.8 Å². The number of anilines is 1. The zero-order valence-electron chi connectivity index (χ0n) is 22.3. The maximum Gasteiger partial charge on any atom is 0.264 e. The van der Waals surface area contributed by atoms with Gasteiger partial charge in [-0.1, -0.05) is 36.4 Å². The molecule has 0 heterocycles. The van der Waals surface area contributed by atoms with Crippen LogP contribution in [0.3, 0.4) is 0 Å². The van der Waals surface area contributed by atoms with E-state index in [0.717, 1.165) is 9.21 Å². The molecule has 208 valence electrons. The van der Waals surface area contributed by atoms with Gasteiger partial charge in [0, 0.05) is 24.7 Å². The number of likely N-dealkylation sites (N-methyl/N-ethyl adjacent to an activating group) is 1. The standard InChI is InChI=1S/C28H32FN3O6S/c1-5-30-28(34)20(2)31(18-21-11-9-10-14-24(21)29)27(33)19-32(39(35,36)23-12-7-6-8-13-23)25-17-22(37-3)15-16-26(25)38-4/h6-17,20H,5,18-19H2,1-4H3,(H,30,34). The van der Waals surface area contributed by atoms with Crippen molar-refractivity contribution in [2.45, 2.75) is 31.3 Å². The van der Waals surface area contributed by atoms with Gasteiger partial charge in [-0.2, -0.15) is 0 Å². The van der Waals surface area contributed by atoms with Crippen LogP contribution in [0.25, 0.3) is 0 Å². The number of sulfonamides is 1. The van der Waals surface area contributed by atoms with Crippen LogP contribution in [0.2, 0.25) is 0 Å². The van der Waals surface area contributed by atoms with Gasteiger partial charge in [-0.15, -0.1) is 0 Å². The van der Waals surface area contributed by atoms with Crippen LogP contribution in [-0.4, -0.2) is 58.5 Å². The minimum Gasteiger partial charge on any atom is -0.497 e. The molecule has 9 nitrogen and oxygen atoms in total. The molecule has 3 aromatic carbocycles. The molecule has 2 amide bonds. The molecule has 0 spiro atoms. The number of halogens is 1. The number of carbonyl (C=O) groups excluding carboxylic acids is 2. The molecule has 1 unspecified atom stereocenters. The lowest BCUT2D eigenvalue weighted by Gasteiger charge is -2.32. The van der Waals surface area contributed by atoms with E-state index < -0.39 is 40.2 Å². The molecule has 39 heavy (non-hydrogen) atoms. The highest BCUT2D eigenvalue weighted by molar-refractivity contribution is 7.92. The Morgan fingerprint density at radius 3 is 2.26 bits per heavy atom. The molecule has 0 aliphatic rings. The van der Waals surface area contributed by atoms with Crippen molar-refractivity contribution in [1.82, 2.24) is 10.2 Å². The summed E-state index contributed by atoms with van der Waals surface area (Å²) in [6, 6.07) is 17.1. The van der Waals surface area contributed by atoms with Crippen LogP contribution < -0.4 is 19.1 Å². The van der Waals surface area contributed by atoms with E-state index in [1.54, 1.807) is 37.3 Å².